The van der Waals surface area contributed by atoms with Gasteiger partial charge < -0.3 is 29.7 Å². The molecule has 0 saturated carbocycles. The average molecular weight is 607 g/mol. The summed E-state index contributed by atoms with van der Waals surface area (Å²) < 4.78 is 0. The molecule has 0 aliphatic rings. The maximum atomic E-state index is 11.5. The monoisotopic (exact) mass is 606 g/mol. The Morgan fingerprint density at radius 2 is 0.550 bits per heavy atom. The van der Waals surface area contributed by atoms with E-state index in [2.05, 4.69) is 0 Å². The van der Waals surface area contributed by atoms with E-state index in [-0.39, 0.29) is 35.9 Å². The molecule has 0 fully saturated rings. The molecule has 40 heavy (non-hydrogen) atoms. The molecule has 9 nitrogen and oxygen atoms in total. The van der Waals surface area contributed by atoms with Gasteiger partial charge in [-0.25, -0.2) is 0 Å². The number of hydrogen-bond donors (Lipinski definition) is 0. The van der Waals surface area contributed by atoms with E-state index in [0.29, 0.717) is 77.0 Å². The number of ketones is 3. The molecule has 0 bridgehead atoms. The zero-order valence-corrected chi connectivity index (χ0v) is 27.5. The van der Waals surface area contributed by atoms with Crippen molar-refractivity contribution in [2.45, 2.75) is 139 Å². The zero-order valence-electron chi connectivity index (χ0n) is 26.1. The number of carbonyl (C=O) groups is 6. The van der Waals surface area contributed by atoms with Crippen LogP contribution in [0.2, 0.25) is 0 Å². The standard InChI is InChI=1S/3C10H18O3.V/c3*1-4-7-8(11)10(5-2,6-3)9(12)13;/h3*4-7H2,1-3H3,(H,12,13);/p-3. The van der Waals surface area contributed by atoms with Crippen LogP contribution in [0.5, 0.6) is 0 Å². The van der Waals surface area contributed by atoms with Crippen LogP contribution in [-0.4, -0.2) is 35.3 Å². The van der Waals surface area contributed by atoms with E-state index in [9.17, 15) is 44.1 Å². The van der Waals surface area contributed by atoms with Crippen molar-refractivity contribution < 1.29 is 62.6 Å². The molecule has 10 heteroatoms. The molecular formula is C30H51O9V-3. The number of carboxylic acids is 3. The Hall–Kier alpha value is -2.00. The summed E-state index contributed by atoms with van der Waals surface area (Å²) in [4.78, 5) is 67.2. The van der Waals surface area contributed by atoms with Gasteiger partial charge in [0, 0.05) is 37.8 Å². The van der Waals surface area contributed by atoms with Gasteiger partial charge in [0.2, 0.25) is 0 Å². The van der Waals surface area contributed by atoms with Gasteiger partial charge in [0.1, 0.15) is 17.3 Å². The number of rotatable bonds is 18. The molecule has 0 aliphatic heterocycles. The molecule has 1 radical (unpaired) electrons. The van der Waals surface area contributed by atoms with Gasteiger partial charge in [0.05, 0.1) is 34.2 Å². The van der Waals surface area contributed by atoms with Crippen molar-refractivity contribution in [2.24, 2.45) is 16.2 Å². The molecule has 0 aliphatic carbocycles. The van der Waals surface area contributed by atoms with E-state index in [1.165, 1.54) is 0 Å². The summed E-state index contributed by atoms with van der Waals surface area (Å²) >= 11 is 0. The minimum absolute atomic E-state index is 0. The number of aliphatic carboxylic acids is 3. The second kappa shape index (κ2) is 22.7. The van der Waals surface area contributed by atoms with Crippen LogP contribution in [0.1, 0.15) is 139 Å². The summed E-state index contributed by atoms with van der Waals surface area (Å²) in [6, 6.07) is 0. The average Bonchev–Trinajstić information content (AvgIpc) is 2.88. The molecule has 0 aromatic heterocycles. The number of carbonyl (C=O) groups excluding carboxylic acids is 6. The minimum Gasteiger partial charge on any atom is -0.549 e. The summed E-state index contributed by atoms with van der Waals surface area (Å²) in [7, 11) is 0. The molecule has 0 unspecified atom stereocenters. The van der Waals surface area contributed by atoms with Crippen LogP contribution in [0.15, 0.2) is 0 Å². The van der Waals surface area contributed by atoms with Crippen LogP contribution in [-0.2, 0) is 47.3 Å². The second-order valence-electron chi connectivity index (χ2n) is 9.75. The number of hydrogen-bond acceptors (Lipinski definition) is 9. The van der Waals surface area contributed by atoms with Crippen LogP contribution >= 0.6 is 0 Å². The first-order valence-electron chi connectivity index (χ1n) is 14.4. The minimum atomic E-state index is -1.24. The Balaban J connectivity index is -0.000000240. The molecule has 0 atom stereocenters. The summed E-state index contributed by atoms with van der Waals surface area (Å²) in [6.07, 6.45) is 5.00. The maximum absolute atomic E-state index is 11.5. The molecule has 0 heterocycles. The van der Waals surface area contributed by atoms with Gasteiger partial charge in [-0.15, -0.1) is 0 Å². The quantitative estimate of drug-likeness (QED) is 0.213. The fourth-order valence-electron chi connectivity index (χ4n) is 4.54. The second-order valence-corrected chi connectivity index (χ2v) is 9.75. The largest absolute Gasteiger partial charge is 0.549 e. The predicted octanol–water partition coefficient (Wildman–Crippen LogP) is 2.73. The smallest absolute Gasteiger partial charge is 0.144 e. The van der Waals surface area contributed by atoms with Crippen molar-refractivity contribution in [3.8, 4) is 0 Å². The molecule has 0 rings (SSSR count). The van der Waals surface area contributed by atoms with E-state index in [1.807, 2.05) is 20.8 Å². The molecule has 0 aromatic rings. The van der Waals surface area contributed by atoms with Crippen molar-refractivity contribution >= 4 is 35.3 Å². The van der Waals surface area contributed by atoms with Gasteiger partial charge in [-0.05, 0) is 57.8 Å². The fraction of sp³-hybridized carbons (Fsp3) is 0.800. The van der Waals surface area contributed by atoms with E-state index < -0.39 is 34.2 Å². The third-order valence-electron chi connectivity index (χ3n) is 7.83. The van der Waals surface area contributed by atoms with Crippen LogP contribution in [0, 0.1) is 16.2 Å². The Bertz CT molecular complexity index is 688. The van der Waals surface area contributed by atoms with E-state index in [0.717, 1.165) is 0 Å². The van der Waals surface area contributed by atoms with Gasteiger partial charge >= 0.3 is 0 Å². The topological polar surface area (TPSA) is 172 Å². The summed E-state index contributed by atoms with van der Waals surface area (Å²) in [5.41, 5.74) is -3.72. The molecule has 0 saturated heterocycles. The van der Waals surface area contributed by atoms with E-state index in [1.54, 1.807) is 41.5 Å². The third kappa shape index (κ3) is 11.9. The molecule has 233 valence electrons. The van der Waals surface area contributed by atoms with Crippen molar-refractivity contribution in [3.63, 3.8) is 0 Å². The maximum Gasteiger partial charge on any atom is 0.144 e. The third-order valence-corrected chi connectivity index (χ3v) is 7.83. The Labute approximate surface area is 253 Å². The first-order chi connectivity index (χ1) is 18.1. The number of Topliss-reactive ketones (excluding diaryl/α,β-unsaturated/α-hetero) is 3. The first-order valence-corrected chi connectivity index (χ1v) is 14.4. The van der Waals surface area contributed by atoms with Crippen molar-refractivity contribution in [1.82, 2.24) is 0 Å². The zero-order chi connectivity index (χ0) is 31.4. The van der Waals surface area contributed by atoms with E-state index in [4.69, 9.17) is 0 Å². The van der Waals surface area contributed by atoms with Crippen LogP contribution in [0.3, 0.4) is 0 Å². The molecular weight excluding hydrogens is 555 g/mol. The Kier molecular flexibility index (Phi) is 25.5. The predicted molar refractivity (Wildman–Crippen MR) is 144 cm³/mol. The Morgan fingerprint density at radius 3 is 0.625 bits per heavy atom. The van der Waals surface area contributed by atoms with Crippen molar-refractivity contribution in [1.29, 1.82) is 0 Å². The Morgan fingerprint density at radius 1 is 0.400 bits per heavy atom. The van der Waals surface area contributed by atoms with Crippen LogP contribution in [0.25, 0.3) is 0 Å². The van der Waals surface area contributed by atoms with Crippen LogP contribution in [0.4, 0.5) is 0 Å². The van der Waals surface area contributed by atoms with E-state index >= 15 is 0 Å². The van der Waals surface area contributed by atoms with Crippen LogP contribution < -0.4 is 15.3 Å². The normalized spacial score (nSPS) is 11.0. The van der Waals surface area contributed by atoms with Gasteiger partial charge in [0.15, 0.2) is 0 Å². The van der Waals surface area contributed by atoms with Gasteiger partial charge in [-0.2, -0.15) is 0 Å². The summed E-state index contributed by atoms with van der Waals surface area (Å²) in [5.74, 6) is -4.26. The van der Waals surface area contributed by atoms with Gasteiger partial charge in [-0.1, -0.05) is 62.3 Å². The first kappa shape index (κ1) is 45.0. The summed E-state index contributed by atoms with van der Waals surface area (Å²) in [6.45, 7) is 15.9. The number of carboxylic acid groups (broad SMARTS) is 3. The molecule has 0 spiro atoms. The fourth-order valence-corrected chi connectivity index (χ4v) is 4.54. The van der Waals surface area contributed by atoms with Crippen molar-refractivity contribution in [2.75, 3.05) is 0 Å². The molecule has 0 aromatic carbocycles. The van der Waals surface area contributed by atoms with Gasteiger partial charge in [0.25, 0.3) is 0 Å². The molecule has 0 amide bonds. The summed E-state index contributed by atoms with van der Waals surface area (Å²) in [5, 5.41) is 32.6. The molecule has 0 N–H and O–H groups in total. The SMILES string of the molecule is CCCC(=O)C(CC)(CC)C(=O)[O-].CCCC(=O)C(CC)(CC)C(=O)[O-].CCCC(=O)C(CC)(CC)C(=O)[O-].[V]. The van der Waals surface area contributed by atoms with Gasteiger partial charge in [-0.3, -0.25) is 14.4 Å². The van der Waals surface area contributed by atoms with Crippen molar-refractivity contribution in [3.05, 3.63) is 0 Å².